The normalized spacial score (nSPS) is 12.1. The molecular formula is C14H20N2O3S2. The van der Waals surface area contributed by atoms with Crippen LogP contribution in [-0.4, -0.2) is 26.3 Å². The minimum absolute atomic E-state index is 0.233. The molecule has 0 aliphatic rings. The van der Waals surface area contributed by atoms with Crippen molar-refractivity contribution in [2.24, 2.45) is 0 Å². The molecule has 2 aromatic heterocycles. The van der Waals surface area contributed by atoms with E-state index in [0.29, 0.717) is 16.5 Å². The summed E-state index contributed by atoms with van der Waals surface area (Å²) in [6.07, 6.45) is 2.60. The summed E-state index contributed by atoms with van der Waals surface area (Å²) in [7, 11) is -1.90. The van der Waals surface area contributed by atoms with Crippen LogP contribution in [0.1, 0.15) is 24.7 Å². The molecule has 0 aromatic carbocycles. The van der Waals surface area contributed by atoms with Gasteiger partial charge >= 0.3 is 0 Å². The van der Waals surface area contributed by atoms with E-state index in [0.717, 1.165) is 18.5 Å². The fourth-order valence-electron chi connectivity index (χ4n) is 1.85. The van der Waals surface area contributed by atoms with Gasteiger partial charge in [0.25, 0.3) is 10.0 Å². The van der Waals surface area contributed by atoms with Crippen LogP contribution in [0.25, 0.3) is 0 Å². The number of hydrogen-bond donors (Lipinski definition) is 1. The first-order valence-electron chi connectivity index (χ1n) is 6.81. The Hall–Kier alpha value is -1.15. The lowest BCUT2D eigenvalue weighted by molar-refractivity contribution is 0.407. The molecule has 2 rings (SSSR count). The number of rotatable bonds is 8. The Morgan fingerprint density at radius 2 is 2.24 bits per heavy atom. The van der Waals surface area contributed by atoms with E-state index in [1.54, 1.807) is 31.5 Å². The molecule has 0 bridgehead atoms. The lowest BCUT2D eigenvalue weighted by Gasteiger charge is -2.14. The van der Waals surface area contributed by atoms with E-state index in [2.05, 4.69) is 12.2 Å². The van der Waals surface area contributed by atoms with Crippen molar-refractivity contribution in [3.63, 3.8) is 0 Å². The van der Waals surface area contributed by atoms with Gasteiger partial charge in [-0.05, 0) is 42.1 Å². The molecule has 116 valence electrons. The van der Waals surface area contributed by atoms with E-state index >= 15 is 0 Å². The molecule has 2 heterocycles. The maximum Gasteiger partial charge on any atom is 0.252 e. The molecular weight excluding hydrogens is 308 g/mol. The van der Waals surface area contributed by atoms with Gasteiger partial charge in [-0.2, -0.15) is 4.31 Å². The maximum absolute atomic E-state index is 12.5. The van der Waals surface area contributed by atoms with E-state index in [-0.39, 0.29) is 6.54 Å². The van der Waals surface area contributed by atoms with Gasteiger partial charge < -0.3 is 9.73 Å². The van der Waals surface area contributed by atoms with Crippen LogP contribution in [0.5, 0.6) is 0 Å². The van der Waals surface area contributed by atoms with Crippen LogP contribution >= 0.6 is 11.3 Å². The zero-order valence-electron chi connectivity index (χ0n) is 12.2. The molecule has 0 aliphatic heterocycles. The van der Waals surface area contributed by atoms with Crippen molar-refractivity contribution in [3.05, 3.63) is 41.2 Å². The number of nitrogens with zero attached hydrogens (tertiary/aromatic N) is 1. The summed E-state index contributed by atoms with van der Waals surface area (Å²) in [6, 6.07) is 5.25. The van der Waals surface area contributed by atoms with Crippen molar-refractivity contribution < 1.29 is 12.8 Å². The average molecular weight is 328 g/mol. The molecule has 21 heavy (non-hydrogen) atoms. The van der Waals surface area contributed by atoms with E-state index < -0.39 is 10.0 Å². The Bertz CT molecular complexity index is 648. The van der Waals surface area contributed by atoms with Gasteiger partial charge in [-0.25, -0.2) is 8.42 Å². The lowest BCUT2D eigenvalue weighted by Crippen LogP contribution is -2.25. The average Bonchev–Trinajstić information content (AvgIpc) is 3.10. The van der Waals surface area contributed by atoms with E-state index in [1.807, 2.05) is 5.38 Å². The SMILES string of the molecule is CCCNCc1csc(S(=O)(=O)N(C)Cc2ccco2)c1. The predicted octanol–water partition coefficient (Wildman–Crippen LogP) is 2.66. The zero-order valence-corrected chi connectivity index (χ0v) is 13.8. The summed E-state index contributed by atoms with van der Waals surface area (Å²) < 4.78 is 31.8. The van der Waals surface area contributed by atoms with Gasteiger partial charge in [-0.15, -0.1) is 11.3 Å². The maximum atomic E-state index is 12.5. The Morgan fingerprint density at radius 3 is 2.90 bits per heavy atom. The molecule has 0 atom stereocenters. The Morgan fingerprint density at radius 1 is 1.43 bits per heavy atom. The summed E-state index contributed by atoms with van der Waals surface area (Å²) in [6.45, 7) is 3.95. The van der Waals surface area contributed by atoms with Crippen LogP contribution < -0.4 is 5.32 Å². The van der Waals surface area contributed by atoms with Gasteiger partial charge in [-0.3, -0.25) is 0 Å². The van der Waals surface area contributed by atoms with Gasteiger partial charge in [-0.1, -0.05) is 6.92 Å². The highest BCUT2D eigenvalue weighted by Gasteiger charge is 2.23. The molecule has 0 radical (unpaired) electrons. The lowest BCUT2D eigenvalue weighted by atomic mass is 10.3. The predicted molar refractivity (Wildman–Crippen MR) is 83.7 cm³/mol. The zero-order chi connectivity index (χ0) is 15.3. The number of thiophene rings is 1. The number of nitrogens with one attached hydrogen (secondary N) is 1. The highest BCUT2D eigenvalue weighted by molar-refractivity contribution is 7.91. The van der Waals surface area contributed by atoms with Crippen molar-refractivity contribution in [3.8, 4) is 0 Å². The summed E-state index contributed by atoms with van der Waals surface area (Å²) in [4.78, 5) is 0. The van der Waals surface area contributed by atoms with Crippen LogP contribution in [0.4, 0.5) is 0 Å². The Balaban J connectivity index is 2.04. The molecule has 1 N–H and O–H groups in total. The quantitative estimate of drug-likeness (QED) is 0.757. The molecule has 0 unspecified atom stereocenters. The fraction of sp³-hybridized carbons (Fsp3) is 0.429. The van der Waals surface area contributed by atoms with Crippen LogP contribution in [0.15, 0.2) is 38.5 Å². The second-order valence-electron chi connectivity index (χ2n) is 4.79. The molecule has 0 saturated carbocycles. The number of sulfonamides is 1. The second-order valence-corrected chi connectivity index (χ2v) is 7.97. The molecule has 7 heteroatoms. The minimum Gasteiger partial charge on any atom is -0.468 e. The topological polar surface area (TPSA) is 62.6 Å². The summed E-state index contributed by atoms with van der Waals surface area (Å²) >= 11 is 1.26. The fourth-order valence-corrected chi connectivity index (χ4v) is 4.41. The summed E-state index contributed by atoms with van der Waals surface area (Å²) in [5, 5.41) is 5.15. The van der Waals surface area contributed by atoms with Crippen molar-refractivity contribution in [2.45, 2.75) is 30.6 Å². The highest BCUT2D eigenvalue weighted by atomic mass is 32.2. The Kier molecular flexibility index (Phi) is 5.58. The largest absolute Gasteiger partial charge is 0.468 e. The standard InChI is InChI=1S/C14H20N2O3S2/c1-3-6-15-9-12-8-14(20-11-12)21(17,18)16(2)10-13-5-4-7-19-13/h4-5,7-8,11,15H,3,6,9-10H2,1-2H3. The Labute approximate surface area is 129 Å². The van der Waals surface area contributed by atoms with Gasteiger partial charge in [0.05, 0.1) is 12.8 Å². The van der Waals surface area contributed by atoms with Crippen molar-refractivity contribution in [2.75, 3.05) is 13.6 Å². The molecule has 0 fully saturated rings. The molecule has 0 amide bonds. The van der Waals surface area contributed by atoms with Gasteiger partial charge in [0, 0.05) is 13.6 Å². The van der Waals surface area contributed by atoms with Crippen LogP contribution in [0, 0.1) is 0 Å². The van der Waals surface area contributed by atoms with E-state index in [4.69, 9.17) is 4.42 Å². The molecule has 5 nitrogen and oxygen atoms in total. The first-order valence-corrected chi connectivity index (χ1v) is 9.13. The summed E-state index contributed by atoms with van der Waals surface area (Å²) in [5.41, 5.74) is 0.999. The third kappa shape index (κ3) is 4.16. The minimum atomic E-state index is -3.46. The van der Waals surface area contributed by atoms with Gasteiger partial charge in [0.15, 0.2) is 0 Å². The molecule has 2 aromatic rings. The van der Waals surface area contributed by atoms with Gasteiger partial charge in [0.1, 0.15) is 9.97 Å². The number of hydrogen-bond acceptors (Lipinski definition) is 5. The van der Waals surface area contributed by atoms with E-state index in [1.165, 1.54) is 15.6 Å². The first-order chi connectivity index (χ1) is 10.0. The smallest absolute Gasteiger partial charge is 0.252 e. The van der Waals surface area contributed by atoms with E-state index in [9.17, 15) is 8.42 Å². The monoisotopic (exact) mass is 328 g/mol. The van der Waals surface area contributed by atoms with Gasteiger partial charge in [0.2, 0.25) is 0 Å². The molecule has 0 spiro atoms. The first kappa shape index (κ1) is 16.2. The molecule has 0 aliphatic carbocycles. The molecule has 0 saturated heterocycles. The van der Waals surface area contributed by atoms with Crippen molar-refractivity contribution >= 4 is 21.4 Å². The second kappa shape index (κ2) is 7.22. The van der Waals surface area contributed by atoms with Crippen LogP contribution in [0.2, 0.25) is 0 Å². The van der Waals surface area contributed by atoms with Crippen molar-refractivity contribution in [1.29, 1.82) is 0 Å². The van der Waals surface area contributed by atoms with Crippen LogP contribution in [-0.2, 0) is 23.1 Å². The summed E-state index contributed by atoms with van der Waals surface area (Å²) in [5.74, 6) is 0.627. The third-order valence-corrected chi connectivity index (χ3v) is 6.28. The number of furan rings is 1. The van der Waals surface area contributed by atoms with Crippen LogP contribution in [0.3, 0.4) is 0 Å². The third-order valence-electron chi connectivity index (χ3n) is 3.01. The highest BCUT2D eigenvalue weighted by Crippen LogP contribution is 2.24. The van der Waals surface area contributed by atoms with Crippen molar-refractivity contribution in [1.82, 2.24) is 9.62 Å².